The Balaban J connectivity index is 2.18. The lowest BCUT2D eigenvalue weighted by atomic mass is 9.89. The lowest BCUT2D eigenvalue weighted by molar-refractivity contribution is -0.137. The van der Waals surface area contributed by atoms with Crippen molar-refractivity contribution < 1.29 is 18.3 Å². The molecule has 1 N–H and O–H groups in total. The molecule has 0 heterocycles. The number of phenols is 1. The van der Waals surface area contributed by atoms with Crippen molar-refractivity contribution in [1.29, 1.82) is 0 Å². The molecule has 3 rings (SSSR count). The van der Waals surface area contributed by atoms with Crippen LogP contribution >= 0.6 is 0 Å². The molecular formula is C19H17F3O. The summed E-state index contributed by atoms with van der Waals surface area (Å²) in [5.41, 5.74) is 3.18. The average molecular weight is 318 g/mol. The van der Waals surface area contributed by atoms with Crippen LogP contribution in [-0.2, 0) is 12.6 Å². The second-order valence-corrected chi connectivity index (χ2v) is 5.85. The van der Waals surface area contributed by atoms with Crippen molar-refractivity contribution in [3.8, 4) is 16.9 Å². The molecule has 0 aromatic heterocycles. The number of benzene rings is 2. The predicted octanol–water partition coefficient (Wildman–Crippen LogP) is 5.74. The number of hydrogen-bond acceptors (Lipinski definition) is 1. The fourth-order valence-electron chi connectivity index (χ4n) is 3.11. The van der Waals surface area contributed by atoms with Gasteiger partial charge in [-0.25, -0.2) is 0 Å². The third-order valence-corrected chi connectivity index (χ3v) is 4.25. The van der Waals surface area contributed by atoms with Crippen LogP contribution in [0.5, 0.6) is 5.75 Å². The summed E-state index contributed by atoms with van der Waals surface area (Å²) in [5, 5.41) is 10.3. The molecule has 0 amide bonds. The van der Waals surface area contributed by atoms with Crippen LogP contribution in [0.25, 0.3) is 17.2 Å². The van der Waals surface area contributed by atoms with Gasteiger partial charge in [-0.2, -0.15) is 13.2 Å². The zero-order chi connectivity index (χ0) is 16.6. The van der Waals surface area contributed by atoms with E-state index in [0.717, 1.165) is 42.5 Å². The van der Waals surface area contributed by atoms with Crippen LogP contribution in [0.1, 0.15) is 35.1 Å². The van der Waals surface area contributed by atoms with Crippen molar-refractivity contribution in [2.24, 2.45) is 0 Å². The highest BCUT2D eigenvalue weighted by Crippen LogP contribution is 2.40. The van der Waals surface area contributed by atoms with Crippen molar-refractivity contribution in [2.45, 2.75) is 32.4 Å². The normalized spacial score (nSPS) is 14.4. The smallest absolute Gasteiger partial charge is 0.416 e. The fourth-order valence-corrected chi connectivity index (χ4v) is 3.11. The summed E-state index contributed by atoms with van der Waals surface area (Å²) in [6.07, 6.45) is 2.46. The zero-order valence-corrected chi connectivity index (χ0v) is 12.7. The van der Waals surface area contributed by atoms with Crippen LogP contribution in [-0.4, -0.2) is 5.11 Å². The maximum atomic E-state index is 12.8. The summed E-state index contributed by atoms with van der Waals surface area (Å²) >= 11 is 0. The summed E-state index contributed by atoms with van der Waals surface area (Å²) in [5.74, 6) is 0.113. The second kappa shape index (κ2) is 5.76. The molecular weight excluding hydrogens is 301 g/mol. The molecule has 0 bridgehead atoms. The van der Waals surface area contributed by atoms with Gasteiger partial charge in [-0.15, -0.1) is 0 Å². The summed E-state index contributed by atoms with van der Waals surface area (Å²) in [7, 11) is 0. The third kappa shape index (κ3) is 2.98. The van der Waals surface area contributed by atoms with Crippen LogP contribution in [0.4, 0.5) is 13.2 Å². The highest BCUT2D eigenvalue weighted by molar-refractivity contribution is 5.80. The number of phenolic OH excluding ortho intramolecular Hbond substituents is 1. The van der Waals surface area contributed by atoms with Gasteiger partial charge >= 0.3 is 6.18 Å². The van der Waals surface area contributed by atoms with Gasteiger partial charge < -0.3 is 5.11 Å². The first-order valence-electron chi connectivity index (χ1n) is 7.57. The number of fused-ring (bicyclic) bond motifs is 1. The van der Waals surface area contributed by atoms with E-state index >= 15 is 0 Å². The van der Waals surface area contributed by atoms with Crippen molar-refractivity contribution in [2.75, 3.05) is 0 Å². The summed E-state index contributed by atoms with van der Waals surface area (Å²) in [6.45, 7) is 1.65. The van der Waals surface area contributed by atoms with Crippen molar-refractivity contribution in [3.63, 3.8) is 0 Å². The highest BCUT2D eigenvalue weighted by Gasteiger charge is 2.31. The molecule has 1 nitrogen and oxygen atoms in total. The van der Waals surface area contributed by atoms with Crippen LogP contribution in [0.3, 0.4) is 0 Å². The standard InChI is InChI=1S/C19H17F3O/c1-12-11-14(19(20,21)22)8-9-15(12)18-16-6-4-2-3-5-13(16)7-10-17(18)23/h3,5,7-11,23H,2,4,6H2,1H3. The quantitative estimate of drug-likeness (QED) is 0.711. The molecule has 1 aliphatic rings. The summed E-state index contributed by atoms with van der Waals surface area (Å²) in [6, 6.07) is 7.15. The summed E-state index contributed by atoms with van der Waals surface area (Å²) < 4.78 is 38.5. The fraction of sp³-hybridized carbons (Fsp3) is 0.263. The van der Waals surface area contributed by atoms with Gasteiger partial charge in [0, 0.05) is 5.56 Å². The Morgan fingerprint density at radius 1 is 1.09 bits per heavy atom. The summed E-state index contributed by atoms with van der Waals surface area (Å²) in [4.78, 5) is 0. The Hall–Kier alpha value is -2.23. The topological polar surface area (TPSA) is 20.2 Å². The zero-order valence-electron chi connectivity index (χ0n) is 12.7. The van der Waals surface area contributed by atoms with E-state index in [1.54, 1.807) is 13.0 Å². The Morgan fingerprint density at radius 3 is 2.57 bits per heavy atom. The first kappa shape index (κ1) is 15.7. The lowest BCUT2D eigenvalue weighted by Crippen LogP contribution is -2.05. The number of aryl methyl sites for hydroxylation is 1. The van der Waals surface area contributed by atoms with E-state index in [0.29, 0.717) is 16.7 Å². The van der Waals surface area contributed by atoms with E-state index in [4.69, 9.17) is 0 Å². The molecule has 0 atom stereocenters. The van der Waals surface area contributed by atoms with Crippen LogP contribution in [0, 0.1) is 6.92 Å². The molecule has 0 unspecified atom stereocenters. The predicted molar refractivity (Wildman–Crippen MR) is 85.3 cm³/mol. The van der Waals surface area contributed by atoms with Gasteiger partial charge in [0.05, 0.1) is 5.56 Å². The Kier molecular flexibility index (Phi) is 3.92. The molecule has 120 valence electrons. The number of aromatic hydroxyl groups is 1. The van der Waals surface area contributed by atoms with E-state index in [1.165, 1.54) is 6.07 Å². The molecule has 2 aromatic carbocycles. The largest absolute Gasteiger partial charge is 0.507 e. The molecule has 0 spiro atoms. The van der Waals surface area contributed by atoms with Gasteiger partial charge in [-0.1, -0.05) is 24.3 Å². The van der Waals surface area contributed by atoms with Crippen LogP contribution < -0.4 is 0 Å². The van der Waals surface area contributed by atoms with Gasteiger partial charge in [-0.3, -0.25) is 0 Å². The molecule has 0 saturated heterocycles. The molecule has 0 saturated carbocycles. The number of hydrogen-bond donors (Lipinski definition) is 1. The molecule has 4 heteroatoms. The number of halogens is 3. The van der Waals surface area contributed by atoms with Gasteiger partial charge in [0.15, 0.2) is 0 Å². The van der Waals surface area contributed by atoms with Crippen molar-refractivity contribution in [1.82, 2.24) is 0 Å². The maximum absolute atomic E-state index is 12.8. The Bertz CT molecular complexity index is 773. The van der Waals surface area contributed by atoms with E-state index in [2.05, 4.69) is 6.08 Å². The molecule has 0 radical (unpaired) electrons. The minimum atomic E-state index is -4.36. The van der Waals surface area contributed by atoms with Crippen LogP contribution in [0.2, 0.25) is 0 Å². The minimum absolute atomic E-state index is 0.113. The first-order valence-corrected chi connectivity index (χ1v) is 7.57. The Labute approximate surface area is 133 Å². The molecule has 0 aliphatic heterocycles. The maximum Gasteiger partial charge on any atom is 0.416 e. The van der Waals surface area contributed by atoms with Crippen LogP contribution in [0.15, 0.2) is 36.4 Å². The van der Waals surface area contributed by atoms with E-state index in [1.807, 2.05) is 12.1 Å². The third-order valence-electron chi connectivity index (χ3n) is 4.25. The average Bonchev–Trinajstić information content (AvgIpc) is 2.72. The second-order valence-electron chi connectivity index (χ2n) is 5.85. The Morgan fingerprint density at radius 2 is 1.87 bits per heavy atom. The van der Waals surface area contributed by atoms with E-state index in [9.17, 15) is 18.3 Å². The molecule has 0 fully saturated rings. The number of allylic oxidation sites excluding steroid dienone is 1. The molecule has 1 aliphatic carbocycles. The van der Waals surface area contributed by atoms with Gasteiger partial charge in [0.1, 0.15) is 5.75 Å². The van der Waals surface area contributed by atoms with Crippen molar-refractivity contribution >= 4 is 6.08 Å². The number of rotatable bonds is 1. The van der Waals surface area contributed by atoms with Gasteiger partial charge in [0.25, 0.3) is 0 Å². The van der Waals surface area contributed by atoms with Crippen molar-refractivity contribution in [3.05, 3.63) is 58.7 Å². The van der Waals surface area contributed by atoms with Gasteiger partial charge in [-0.05, 0) is 66.6 Å². The molecule has 2 aromatic rings. The van der Waals surface area contributed by atoms with Gasteiger partial charge in [0.2, 0.25) is 0 Å². The first-order chi connectivity index (χ1) is 10.9. The number of alkyl halides is 3. The van der Waals surface area contributed by atoms with E-state index < -0.39 is 11.7 Å². The van der Waals surface area contributed by atoms with E-state index in [-0.39, 0.29) is 5.75 Å². The molecule has 23 heavy (non-hydrogen) atoms. The SMILES string of the molecule is Cc1cc(C(F)(F)F)ccc1-c1c(O)ccc2c1CCCC=C2. The monoisotopic (exact) mass is 318 g/mol. The lowest BCUT2D eigenvalue weighted by Gasteiger charge is -2.17. The minimum Gasteiger partial charge on any atom is -0.507 e. The highest BCUT2D eigenvalue weighted by atomic mass is 19.4.